The number of nitrogens with one attached hydrogen (secondary N) is 1. The highest BCUT2D eigenvalue weighted by atomic mass is 35.5. The van der Waals surface area contributed by atoms with Gasteiger partial charge < -0.3 is 9.88 Å². The second-order valence-electron chi connectivity index (χ2n) is 8.07. The molecule has 180 valence electrons. The number of nitrogens with zero attached hydrogens (tertiary/aromatic N) is 4. The predicted molar refractivity (Wildman–Crippen MR) is 145 cm³/mol. The molecular weight excluding hydrogens is 478 g/mol. The Morgan fingerprint density at radius 1 is 1.03 bits per heavy atom. The molecule has 6 nitrogen and oxygen atoms in total. The quantitative estimate of drug-likeness (QED) is 0.256. The Labute approximate surface area is 215 Å². The van der Waals surface area contributed by atoms with Gasteiger partial charge in [0, 0.05) is 28.6 Å². The van der Waals surface area contributed by atoms with Crippen molar-refractivity contribution in [2.45, 2.75) is 44.3 Å². The number of amides is 1. The highest BCUT2D eigenvalue weighted by Gasteiger charge is 2.26. The molecular formula is C27H28ClN5OS. The van der Waals surface area contributed by atoms with Crippen LogP contribution in [0.3, 0.4) is 0 Å². The standard InChI is InChI=1S/C27H28ClN5OS/c1-4-32-25(18-29-21-16-15-19(2)24(28)17-21)30-31-27(32)35-20(3)26(34)33(22-11-7-5-8-12-22)23-13-9-6-10-14-23/h5-17,20,29H,4,18H2,1-3H3. The fraction of sp³-hybridized carbons (Fsp3) is 0.222. The van der Waals surface area contributed by atoms with E-state index in [2.05, 4.69) is 15.5 Å². The van der Waals surface area contributed by atoms with Crippen LogP contribution in [0.1, 0.15) is 25.2 Å². The average molecular weight is 506 g/mol. The first-order chi connectivity index (χ1) is 17.0. The van der Waals surface area contributed by atoms with Gasteiger partial charge in [-0.05, 0) is 62.7 Å². The molecule has 0 fully saturated rings. The minimum atomic E-state index is -0.373. The molecule has 1 aromatic heterocycles. The van der Waals surface area contributed by atoms with Crippen molar-refractivity contribution in [2.75, 3.05) is 10.2 Å². The molecule has 0 saturated carbocycles. The van der Waals surface area contributed by atoms with Crippen LogP contribution < -0.4 is 10.2 Å². The van der Waals surface area contributed by atoms with Crippen LogP contribution in [0.4, 0.5) is 17.1 Å². The highest BCUT2D eigenvalue weighted by molar-refractivity contribution is 8.00. The number of rotatable bonds is 9. The number of thioether (sulfide) groups is 1. The van der Waals surface area contributed by atoms with E-state index in [9.17, 15) is 4.79 Å². The molecule has 0 radical (unpaired) electrons. The summed E-state index contributed by atoms with van der Waals surface area (Å²) in [7, 11) is 0. The van der Waals surface area contributed by atoms with E-state index >= 15 is 0 Å². The van der Waals surface area contributed by atoms with Crippen LogP contribution in [0.25, 0.3) is 0 Å². The van der Waals surface area contributed by atoms with Crippen molar-refractivity contribution < 1.29 is 4.79 Å². The van der Waals surface area contributed by atoms with E-state index in [0.717, 1.165) is 33.5 Å². The first-order valence-electron chi connectivity index (χ1n) is 11.5. The summed E-state index contributed by atoms with van der Waals surface area (Å²) in [5.74, 6) is 0.779. The van der Waals surface area contributed by atoms with E-state index in [-0.39, 0.29) is 11.2 Å². The summed E-state index contributed by atoms with van der Waals surface area (Å²) in [6.45, 7) is 7.13. The molecule has 0 bridgehead atoms. The van der Waals surface area contributed by atoms with Crippen LogP contribution in [-0.2, 0) is 17.9 Å². The summed E-state index contributed by atoms with van der Waals surface area (Å²) in [5.41, 5.74) is 3.61. The number of aryl methyl sites for hydroxylation is 1. The number of para-hydroxylation sites is 2. The van der Waals surface area contributed by atoms with Gasteiger partial charge in [0.1, 0.15) is 0 Å². The second-order valence-corrected chi connectivity index (χ2v) is 9.78. The molecule has 3 aromatic carbocycles. The molecule has 1 atom stereocenters. The Bertz CT molecular complexity index is 1240. The number of carbonyl (C=O) groups excluding carboxylic acids is 1. The van der Waals surface area contributed by atoms with Gasteiger partial charge in [-0.2, -0.15) is 0 Å². The maximum atomic E-state index is 13.6. The Morgan fingerprint density at radius 3 is 2.23 bits per heavy atom. The third-order valence-electron chi connectivity index (χ3n) is 5.61. The van der Waals surface area contributed by atoms with Gasteiger partial charge in [-0.15, -0.1) is 10.2 Å². The lowest BCUT2D eigenvalue weighted by Crippen LogP contribution is -2.33. The third kappa shape index (κ3) is 5.86. The maximum Gasteiger partial charge on any atom is 0.244 e. The topological polar surface area (TPSA) is 63.1 Å². The van der Waals surface area contributed by atoms with Gasteiger partial charge in [0.05, 0.1) is 11.8 Å². The normalized spacial score (nSPS) is 11.8. The number of halogens is 1. The molecule has 0 aliphatic carbocycles. The van der Waals surface area contributed by atoms with Crippen LogP contribution in [0.5, 0.6) is 0 Å². The Hall–Kier alpha value is -3.29. The lowest BCUT2D eigenvalue weighted by Gasteiger charge is -2.25. The number of hydrogen-bond acceptors (Lipinski definition) is 5. The van der Waals surface area contributed by atoms with Crippen LogP contribution >= 0.6 is 23.4 Å². The van der Waals surface area contributed by atoms with Gasteiger partial charge in [-0.25, -0.2) is 0 Å². The molecule has 0 aliphatic rings. The zero-order valence-corrected chi connectivity index (χ0v) is 21.6. The zero-order valence-electron chi connectivity index (χ0n) is 20.0. The van der Waals surface area contributed by atoms with Crippen molar-refractivity contribution in [1.82, 2.24) is 14.8 Å². The summed E-state index contributed by atoms with van der Waals surface area (Å²) in [4.78, 5) is 15.4. The summed E-state index contributed by atoms with van der Waals surface area (Å²) >= 11 is 7.66. The van der Waals surface area contributed by atoms with E-state index in [0.29, 0.717) is 18.2 Å². The van der Waals surface area contributed by atoms with Crippen LogP contribution in [0.15, 0.2) is 84.0 Å². The number of benzene rings is 3. The molecule has 0 saturated heterocycles. The molecule has 0 aliphatic heterocycles. The monoisotopic (exact) mass is 505 g/mol. The van der Waals surface area contributed by atoms with Crippen molar-refractivity contribution in [3.05, 3.63) is 95.3 Å². The number of anilines is 3. The molecule has 4 aromatic rings. The number of carbonyl (C=O) groups is 1. The van der Waals surface area contributed by atoms with Crippen LogP contribution in [0, 0.1) is 6.92 Å². The van der Waals surface area contributed by atoms with Crippen molar-refractivity contribution in [3.8, 4) is 0 Å². The maximum absolute atomic E-state index is 13.6. The van der Waals surface area contributed by atoms with Crippen molar-refractivity contribution in [3.63, 3.8) is 0 Å². The van der Waals surface area contributed by atoms with Gasteiger partial charge in [0.2, 0.25) is 5.91 Å². The van der Waals surface area contributed by atoms with Gasteiger partial charge in [0.25, 0.3) is 0 Å². The second kappa shape index (κ2) is 11.4. The molecule has 0 spiro atoms. The smallest absolute Gasteiger partial charge is 0.244 e. The molecule has 8 heteroatoms. The lowest BCUT2D eigenvalue weighted by molar-refractivity contribution is -0.117. The van der Waals surface area contributed by atoms with Gasteiger partial charge in [-0.3, -0.25) is 9.69 Å². The van der Waals surface area contributed by atoms with E-state index in [1.807, 2.05) is 104 Å². The lowest BCUT2D eigenvalue weighted by atomic mass is 10.2. The number of aromatic nitrogens is 3. The van der Waals surface area contributed by atoms with Crippen LogP contribution in [0.2, 0.25) is 5.02 Å². The highest BCUT2D eigenvalue weighted by Crippen LogP contribution is 2.31. The van der Waals surface area contributed by atoms with E-state index < -0.39 is 0 Å². The Morgan fingerprint density at radius 2 is 1.66 bits per heavy atom. The van der Waals surface area contributed by atoms with Gasteiger partial charge in [-0.1, -0.05) is 65.8 Å². The Balaban J connectivity index is 1.51. The minimum Gasteiger partial charge on any atom is -0.378 e. The van der Waals surface area contributed by atoms with E-state index in [4.69, 9.17) is 11.6 Å². The SMILES string of the molecule is CCn1c(CNc2ccc(C)c(Cl)c2)nnc1SC(C)C(=O)N(c1ccccc1)c1ccccc1. The summed E-state index contributed by atoms with van der Waals surface area (Å²) in [5, 5.41) is 13.2. The molecule has 4 rings (SSSR count). The molecule has 1 unspecified atom stereocenters. The summed E-state index contributed by atoms with van der Waals surface area (Å²) in [6.07, 6.45) is 0. The largest absolute Gasteiger partial charge is 0.378 e. The molecule has 1 heterocycles. The number of hydrogen-bond donors (Lipinski definition) is 1. The molecule has 1 amide bonds. The van der Waals surface area contributed by atoms with Crippen LogP contribution in [-0.4, -0.2) is 25.9 Å². The van der Waals surface area contributed by atoms with Crippen molar-refractivity contribution in [2.24, 2.45) is 0 Å². The first kappa shape index (κ1) is 24.8. The van der Waals surface area contributed by atoms with E-state index in [1.165, 1.54) is 11.8 Å². The molecule has 35 heavy (non-hydrogen) atoms. The fourth-order valence-electron chi connectivity index (χ4n) is 3.69. The predicted octanol–water partition coefficient (Wildman–Crippen LogP) is 6.72. The Kier molecular flexibility index (Phi) is 8.10. The third-order valence-corrected chi connectivity index (χ3v) is 7.09. The van der Waals surface area contributed by atoms with Crippen molar-refractivity contribution >= 4 is 46.3 Å². The van der Waals surface area contributed by atoms with E-state index in [1.54, 1.807) is 4.90 Å². The first-order valence-corrected chi connectivity index (χ1v) is 12.8. The zero-order chi connectivity index (χ0) is 24.8. The van der Waals surface area contributed by atoms with Gasteiger partial charge in [0.15, 0.2) is 11.0 Å². The molecule has 1 N–H and O–H groups in total. The average Bonchev–Trinajstić information content (AvgIpc) is 3.27. The minimum absolute atomic E-state index is 0.0213. The van der Waals surface area contributed by atoms with Crippen molar-refractivity contribution in [1.29, 1.82) is 0 Å². The van der Waals surface area contributed by atoms with Gasteiger partial charge >= 0.3 is 0 Å². The fourth-order valence-corrected chi connectivity index (χ4v) is 4.84. The summed E-state index contributed by atoms with van der Waals surface area (Å²) in [6, 6.07) is 25.3. The summed E-state index contributed by atoms with van der Waals surface area (Å²) < 4.78 is 2.03.